The van der Waals surface area contributed by atoms with E-state index in [4.69, 9.17) is 0 Å². The van der Waals surface area contributed by atoms with Gasteiger partial charge in [-0.3, -0.25) is 9.36 Å². The van der Waals surface area contributed by atoms with Crippen LogP contribution >= 0.6 is 0 Å². The summed E-state index contributed by atoms with van der Waals surface area (Å²) in [5, 5.41) is 36.2. The summed E-state index contributed by atoms with van der Waals surface area (Å²) in [5.41, 5.74) is -1.79. The van der Waals surface area contributed by atoms with E-state index < -0.39 is 28.9 Å². The fourth-order valence-electron chi connectivity index (χ4n) is 5.29. The molecule has 186 valence electrons. The summed E-state index contributed by atoms with van der Waals surface area (Å²) in [5.74, 6) is -2.13. The Hall–Kier alpha value is -4.04. The van der Waals surface area contributed by atoms with Crippen molar-refractivity contribution in [3.05, 3.63) is 42.4 Å². The molecular weight excluding hydrogens is 476 g/mol. The van der Waals surface area contributed by atoms with Crippen LogP contribution in [0.1, 0.15) is 12.8 Å². The highest BCUT2D eigenvalue weighted by Gasteiger charge is 2.76. The number of aromatic nitrogens is 7. The van der Waals surface area contributed by atoms with Gasteiger partial charge in [0.15, 0.2) is 34.3 Å². The molecule has 3 heterocycles. The number of imidazole rings is 1. The third-order valence-electron chi connectivity index (χ3n) is 7.23. The van der Waals surface area contributed by atoms with Gasteiger partial charge in [-0.2, -0.15) is 14.6 Å². The van der Waals surface area contributed by atoms with Crippen molar-refractivity contribution in [3.63, 3.8) is 0 Å². The van der Waals surface area contributed by atoms with Gasteiger partial charge in [-0.1, -0.05) is 5.21 Å². The summed E-state index contributed by atoms with van der Waals surface area (Å²) in [6.07, 6.45) is 2.04. The number of amides is 1. The highest BCUT2D eigenvalue weighted by atomic mass is 19.2. The third kappa shape index (κ3) is 2.91. The van der Waals surface area contributed by atoms with Crippen molar-refractivity contribution in [1.82, 2.24) is 39.8 Å². The van der Waals surface area contributed by atoms with E-state index in [-0.39, 0.29) is 35.5 Å². The lowest BCUT2D eigenvalue weighted by Crippen LogP contribution is -2.49. The van der Waals surface area contributed by atoms with Crippen molar-refractivity contribution in [1.29, 1.82) is 0 Å². The lowest BCUT2D eigenvalue weighted by molar-refractivity contribution is -0.155. The number of anilines is 1. The Morgan fingerprint density at radius 2 is 2.00 bits per heavy atom. The predicted octanol–water partition coefficient (Wildman–Crippen LogP) is 0.556. The molecular formula is C22H21F2N9O3. The van der Waals surface area contributed by atoms with Crippen LogP contribution in [0.2, 0.25) is 0 Å². The first-order valence-electron chi connectivity index (χ1n) is 11.2. The van der Waals surface area contributed by atoms with Crippen LogP contribution in [0.15, 0.2) is 30.7 Å². The van der Waals surface area contributed by atoms with Crippen LogP contribution in [0, 0.1) is 23.0 Å². The van der Waals surface area contributed by atoms with Gasteiger partial charge < -0.3 is 20.8 Å². The van der Waals surface area contributed by atoms with Crippen molar-refractivity contribution in [2.45, 2.75) is 24.7 Å². The molecule has 6 rings (SSSR count). The summed E-state index contributed by atoms with van der Waals surface area (Å²) in [7, 11) is 3.13. The SMILES string of the molecule is CNC(=O)C12CC1C[C@](O)(n1cnc3c(NC)nc(-n4cc(-c5ccc(F)c(F)c5)nn4)nc31)[C@@H]2O. The standard InChI is InChI=1S/C22H21F2N9O3/c1-25-16-15-17(32(9-27-15)22(36)7-11-6-21(11,18(22)34)19(35)26-2)29-20(28-16)33-8-14(30-31-33)10-3-4-12(23)13(24)5-10/h3-5,8-9,11,18,34,36H,6-7H2,1-2H3,(H,26,35)(H,25,28,29)/t11?,18-,21?,22-/m1/s1. The Morgan fingerprint density at radius 3 is 2.72 bits per heavy atom. The van der Waals surface area contributed by atoms with Crippen LogP contribution in [-0.2, 0) is 10.5 Å². The van der Waals surface area contributed by atoms with Gasteiger partial charge in [0.25, 0.3) is 5.95 Å². The van der Waals surface area contributed by atoms with Crippen LogP contribution in [0.5, 0.6) is 0 Å². The number of aliphatic hydroxyl groups is 2. The van der Waals surface area contributed by atoms with E-state index in [2.05, 4.69) is 35.9 Å². The third-order valence-corrected chi connectivity index (χ3v) is 7.23. The second-order valence-corrected chi connectivity index (χ2v) is 9.09. The van der Waals surface area contributed by atoms with Gasteiger partial charge in [0.2, 0.25) is 5.91 Å². The van der Waals surface area contributed by atoms with Gasteiger partial charge in [0, 0.05) is 26.1 Å². The van der Waals surface area contributed by atoms with Crippen molar-refractivity contribution in [2.75, 3.05) is 19.4 Å². The molecule has 4 atom stereocenters. The van der Waals surface area contributed by atoms with Crippen molar-refractivity contribution in [2.24, 2.45) is 11.3 Å². The predicted molar refractivity (Wildman–Crippen MR) is 121 cm³/mol. The Kier molecular flexibility index (Phi) is 4.66. The molecule has 0 radical (unpaired) electrons. The van der Waals surface area contributed by atoms with Crippen molar-refractivity contribution < 1.29 is 23.8 Å². The van der Waals surface area contributed by atoms with Gasteiger partial charge in [-0.05, 0) is 30.5 Å². The minimum absolute atomic E-state index is 0.0530. The monoisotopic (exact) mass is 497 g/mol. The molecule has 14 heteroatoms. The average molecular weight is 497 g/mol. The number of fused-ring (bicyclic) bond motifs is 2. The molecule has 0 aliphatic heterocycles. The molecule has 2 aliphatic rings. The lowest BCUT2D eigenvalue weighted by atomic mass is 9.94. The van der Waals surface area contributed by atoms with Crippen LogP contribution in [-0.4, -0.2) is 70.8 Å². The van der Waals surface area contributed by atoms with Crippen molar-refractivity contribution in [3.8, 4) is 17.2 Å². The number of hydrogen-bond acceptors (Lipinski definition) is 9. The molecule has 2 aliphatic carbocycles. The molecule has 1 amide bonds. The van der Waals surface area contributed by atoms with E-state index in [1.165, 1.54) is 34.9 Å². The highest BCUT2D eigenvalue weighted by molar-refractivity contribution is 5.88. The zero-order valence-electron chi connectivity index (χ0n) is 19.1. The molecule has 4 aromatic rings. The topological polar surface area (TPSA) is 156 Å². The second kappa shape index (κ2) is 7.48. The van der Waals surface area contributed by atoms with Crippen LogP contribution in [0.4, 0.5) is 14.6 Å². The minimum Gasteiger partial charge on any atom is -0.387 e. The Bertz CT molecular complexity index is 1540. The average Bonchev–Trinajstić information content (AvgIpc) is 3.20. The van der Waals surface area contributed by atoms with Gasteiger partial charge in [-0.15, -0.1) is 5.10 Å². The molecule has 3 aromatic heterocycles. The maximum Gasteiger partial charge on any atom is 0.256 e. The summed E-state index contributed by atoms with van der Waals surface area (Å²) in [4.78, 5) is 25.7. The van der Waals surface area contributed by atoms with Gasteiger partial charge >= 0.3 is 0 Å². The Labute approximate surface area is 202 Å². The molecule has 2 saturated carbocycles. The smallest absolute Gasteiger partial charge is 0.256 e. The molecule has 0 saturated heterocycles. The van der Waals surface area contributed by atoms with E-state index in [9.17, 15) is 23.8 Å². The van der Waals surface area contributed by atoms with Gasteiger partial charge in [0.05, 0.1) is 17.9 Å². The number of rotatable bonds is 5. The minimum atomic E-state index is -1.82. The Morgan fingerprint density at radius 1 is 1.19 bits per heavy atom. The molecule has 1 aromatic carbocycles. The largest absolute Gasteiger partial charge is 0.387 e. The fourth-order valence-corrected chi connectivity index (χ4v) is 5.29. The van der Waals surface area contributed by atoms with Crippen LogP contribution < -0.4 is 10.6 Å². The van der Waals surface area contributed by atoms with E-state index >= 15 is 0 Å². The van der Waals surface area contributed by atoms with E-state index in [1.54, 1.807) is 7.05 Å². The van der Waals surface area contributed by atoms with E-state index in [0.717, 1.165) is 12.1 Å². The lowest BCUT2D eigenvalue weighted by Gasteiger charge is -2.33. The molecule has 0 bridgehead atoms. The summed E-state index contributed by atoms with van der Waals surface area (Å²) >= 11 is 0. The summed E-state index contributed by atoms with van der Waals surface area (Å²) < 4.78 is 29.6. The number of aliphatic hydroxyl groups excluding tert-OH is 1. The van der Waals surface area contributed by atoms with E-state index in [0.29, 0.717) is 23.3 Å². The highest BCUT2D eigenvalue weighted by Crippen LogP contribution is 2.68. The molecule has 36 heavy (non-hydrogen) atoms. The number of benzene rings is 1. The maximum atomic E-state index is 13.7. The number of carbonyl (C=O) groups excluding carboxylic acids is 1. The van der Waals surface area contributed by atoms with Crippen molar-refractivity contribution >= 4 is 22.9 Å². The quantitative estimate of drug-likeness (QED) is 0.309. The first-order chi connectivity index (χ1) is 17.2. The molecule has 0 spiro atoms. The number of hydrogen-bond donors (Lipinski definition) is 4. The first-order valence-corrected chi connectivity index (χ1v) is 11.2. The number of carbonyl (C=O) groups is 1. The summed E-state index contributed by atoms with van der Waals surface area (Å²) in [6.45, 7) is 0. The van der Waals surface area contributed by atoms with Crippen LogP contribution in [0.25, 0.3) is 28.4 Å². The van der Waals surface area contributed by atoms with E-state index in [1.807, 2.05) is 0 Å². The normalized spacial score (nSPS) is 26.7. The molecule has 2 unspecified atom stereocenters. The zero-order chi connectivity index (χ0) is 25.4. The molecule has 12 nitrogen and oxygen atoms in total. The van der Waals surface area contributed by atoms with Gasteiger partial charge in [0.1, 0.15) is 11.8 Å². The number of halogens is 2. The van der Waals surface area contributed by atoms with Crippen LogP contribution in [0.3, 0.4) is 0 Å². The maximum absolute atomic E-state index is 13.7. The molecule has 4 N–H and O–H groups in total. The zero-order valence-corrected chi connectivity index (χ0v) is 19.1. The number of nitrogens with one attached hydrogen (secondary N) is 2. The number of nitrogens with zero attached hydrogens (tertiary/aromatic N) is 7. The second-order valence-electron chi connectivity index (χ2n) is 9.09. The summed E-state index contributed by atoms with van der Waals surface area (Å²) in [6, 6.07) is 3.37. The Balaban J connectivity index is 1.43. The van der Waals surface area contributed by atoms with Gasteiger partial charge in [-0.25, -0.2) is 13.8 Å². The molecule has 2 fully saturated rings. The first kappa shape index (κ1) is 22.4. The fraction of sp³-hybridized carbons (Fsp3) is 0.364.